The highest BCUT2D eigenvalue weighted by atomic mass is 16.5. The van der Waals surface area contributed by atoms with E-state index < -0.39 is 5.54 Å². The van der Waals surface area contributed by atoms with Gasteiger partial charge in [0.25, 0.3) is 0 Å². The van der Waals surface area contributed by atoms with E-state index in [0.29, 0.717) is 19.7 Å². The molecule has 0 aromatic carbocycles. The Hall–Kier alpha value is -1.10. The molecule has 0 aromatic rings. The summed E-state index contributed by atoms with van der Waals surface area (Å²) < 4.78 is 4.89. The number of amides is 1. The summed E-state index contributed by atoms with van der Waals surface area (Å²) in [5.74, 6) is -0.226. The van der Waals surface area contributed by atoms with Crippen molar-refractivity contribution in [2.45, 2.75) is 26.3 Å². The molecule has 1 aliphatic rings. The minimum absolute atomic E-state index is 0.0445. The standard InChI is InChI=1S/C11H20N2O3/c1-5-16-9(14)8-13-7-6-12(4)10(15)11(13,2)3/h5-8H2,1-4H3. The van der Waals surface area contributed by atoms with Gasteiger partial charge in [0.05, 0.1) is 18.7 Å². The number of hydrogen-bond donors (Lipinski definition) is 0. The van der Waals surface area contributed by atoms with Gasteiger partial charge in [-0.25, -0.2) is 0 Å². The highest BCUT2D eigenvalue weighted by Crippen LogP contribution is 2.21. The molecule has 5 nitrogen and oxygen atoms in total. The molecular weight excluding hydrogens is 208 g/mol. The van der Waals surface area contributed by atoms with Crippen LogP contribution < -0.4 is 0 Å². The second kappa shape index (κ2) is 4.82. The van der Waals surface area contributed by atoms with Gasteiger partial charge in [-0.05, 0) is 20.8 Å². The Bertz CT molecular complexity index is 289. The van der Waals surface area contributed by atoms with Crippen LogP contribution in [0.5, 0.6) is 0 Å². The third kappa shape index (κ3) is 2.52. The quantitative estimate of drug-likeness (QED) is 0.643. The lowest BCUT2D eigenvalue weighted by atomic mass is 9.98. The van der Waals surface area contributed by atoms with Crippen LogP contribution in [0.15, 0.2) is 0 Å². The Kier molecular flexibility index (Phi) is 3.91. The largest absolute Gasteiger partial charge is 0.465 e. The third-order valence-electron chi connectivity index (χ3n) is 2.99. The van der Waals surface area contributed by atoms with E-state index in [9.17, 15) is 9.59 Å². The molecule has 1 rings (SSSR count). The normalized spacial score (nSPS) is 21.0. The maximum absolute atomic E-state index is 11.9. The minimum atomic E-state index is -0.625. The van der Waals surface area contributed by atoms with Crippen molar-refractivity contribution >= 4 is 11.9 Å². The van der Waals surface area contributed by atoms with E-state index in [4.69, 9.17) is 4.74 Å². The monoisotopic (exact) mass is 228 g/mol. The van der Waals surface area contributed by atoms with E-state index in [1.807, 2.05) is 18.7 Å². The molecule has 0 unspecified atom stereocenters. The van der Waals surface area contributed by atoms with Crippen LogP contribution in [-0.4, -0.2) is 60.5 Å². The SMILES string of the molecule is CCOC(=O)CN1CCN(C)C(=O)C1(C)C. The van der Waals surface area contributed by atoms with Crippen molar-refractivity contribution in [3.63, 3.8) is 0 Å². The van der Waals surface area contributed by atoms with Crippen LogP contribution in [0.3, 0.4) is 0 Å². The minimum Gasteiger partial charge on any atom is -0.465 e. The Morgan fingerprint density at radius 1 is 1.44 bits per heavy atom. The van der Waals surface area contributed by atoms with Gasteiger partial charge >= 0.3 is 5.97 Å². The summed E-state index contributed by atoms with van der Waals surface area (Å²) in [6.45, 7) is 7.36. The molecule has 0 N–H and O–H groups in total. The van der Waals surface area contributed by atoms with Crippen LogP contribution in [0.2, 0.25) is 0 Å². The third-order valence-corrected chi connectivity index (χ3v) is 2.99. The molecule has 5 heteroatoms. The molecule has 0 spiro atoms. The Labute approximate surface area is 96.3 Å². The summed E-state index contributed by atoms with van der Waals surface area (Å²) in [5.41, 5.74) is -0.625. The summed E-state index contributed by atoms with van der Waals surface area (Å²) in [7, 11) is 1.78. The molecule has 16 heavy (non-hydrogen) atoms. The van der Waals surface area contributed by atoms with Crippen LogP contribution >= 0.6 is 0 Å². The molecule has 1 amide bonds. The molecular formula is C11H20N2O3. The van der Waals surface area contributed by atoms with Gasteiger partial charge in [0.15, 0.2) is 0 Å². The summed E-state index contributed by atoms with van der Waals surface area (Å²) >= 11 is 0. The van der Waals surface area contributed by atoms with Gasteiger partial charge in [-0.1, -0.05) is 0 Å². The summed E-state index contributed by atoms with van der Waals surface area (Å²) in [4.78, 5) is 26.9. The first-order valence-electron chi connectivity index (χ1n) is 5.55. The fourth-order valence-corrected chi connectivity index (χ4v) is 1.89. The van der Waals surface area contributed by atoms with Crippen molar-refractivity contribution < 1.29 is 14.3 Å². The van der Waals surface area contributed by atoms with Crippen molar-refractivity contribution in [3.05, 3.63) is 0 Å². The van der Waals surface area contributed by atoms with Crippen molar-refractivity contribution in [2.75, 3.05) is 33.3 Å². The molecule has 1 saturated heterocycles. The fraction of sp³-hybridized carbons (Fsp3) is 0.818. The number of ether oxygens (including phenoxy) is 1. The van der Waals surface area contributed by atoms with Crippen molar-refractivity contribution in [2.24, 2.45) is 0 Å². The van der Waals surface area contributed by atoms with Crippen molar-refractivity contribution in [1.82, 2.24) is 9.80 Å². The van der Waals surface area contributed by atoms with Gasteiger partial charge in [0.2, 0.25) is 5.91 Å². The van der Waals surface area contributed by atoms with Crippen LogP contribution in [0.1, 0.15) is 20.8 Å². The van der Waals surface area contributed by atoms with Gasteiger partial charge < -0.3 is 9.64 Å². The second-order valence-electron chi connectivity index (χ2n) is 4.51. The molecule has 0 aliphatic carbocycles. The van der Waals surface area contributed by atoms with Crippen LogP contribution in [0.25, 0.3) is 0 Å². The Morgan fingerprint density at radius 2 is 2.06 bits per heavy atom. The maximum atomic E-state index is 11.9. The fourth-order valence-electron chi connectivity index (χ4n) is 1.89. The summed E-state index contributed by atoms with van der Waals surface area (Å²) in [6, 6.07) is 0. The van der Waals surface area contributed by atoms with E-state index in [1.54, 1.807) is 18.9 Å². The van der Waals surface area contributed by atoms with E-state index >= 15 is 0 Å². The molecule has 92 valence electrons. The Balaban J connectivity index is 2.67. The first-order chi connectivity index (χ1) is 7.39. The second-order valence-corrected chi connectivity index (χ2v) is 4.51. The lowest BCUT2D eigenvalue weighted by molar-refractivity contribution is -0.154. The van der Waals surface area contributed by atoms with Crippen LogP contribution in [-0.2, 0) is 14.3 Å². The van der Waals surface area contributed by atoms with E-state index in [0.717, 1.165) is 0 Å². The number of esters is 1. The van der Waals surface area contributed by atoms with Gasteiger partial charge in [0, 0.05) is 20.1 Å². The lowest BCUT2D eigenvalue weighted by Crippen LogP contribution is -2.62. The molecule has 0 atom stereocenters. The molecule has 0 aromatic heterocycles. The highest BCUT2D eigenvalue weighted by molar-refractivity contribution is 5.86. The molecule has 1 aliphatic heterocycles. The molecule has 0 saturated carbocycles. The molecule has 0 bridgehead atoms. The predicted molar refractivity (Wildman–Crippen MR) is 59.9 cm³/mol. The zero-order valence-corrected chi connectivity index (χ0v) is 10.4. The van der Waals surface area contributed by atoms with E-state index in [-0.39, 0.29) is 18.4 Å². The number of piperazine rings is 1. The van der Waals surface area contributed by atoms with Crippen LogP contribution in [0.4, 0.5) is 0 Å². The maximum Gasteiger partial charge on any atom is 0.320 e. The van der Waals surface area contributed by atoms with Gasteiger partial charge in [-0.15, -0.1) is 0 Å². The smallest absolute Gasteiger partial charge is 0.320 e. The van der Waals surface area contributed by atoms with Crippen molar-refractivity contribution in [1.29, 1.82) is 0 Å². The van der Waals surface area contributed by atoms with Crippen LogP contribution in [0, 0.1) is 0 Å². The number of nitrogens with zero attached hydrogens (tertiary/aromatic N) is 2. The Morgan fingerprint density at radius 3 is 2.62 bits per heavy atom. The van der Waals surface area contributed by atoms with E-state index in [2.05, 4.69) is 0 Å². The topological polar surface area (TPSA) is 49.9 Å². The first kappa shape index (κ1) is 13.0. The number of rotatable bonds is 3. The molecule has 1 fully saturated rings. The average molecular weight is 228 g/mol. The zero-order chi connectivity index (χ0) is 12.3. The highest BCUT2D eigenvalue weighted by Gasteiger charge is 2.41. The summed E-state index contributed by atoms with van der Waals surface area (Å²) in [6.07, 6.45) is 0. The predicted octanol–water partition coefficient (Wildman–Crippen LogP) is 0.102. The van der Waals surface area contributed by atoms with Crippen molar-refractivity contribution in [3.8, 4) is 0 Å². The average Bonchev–Trinajstić information content (AvgIpc) is 2.20. The number of carbonyl (C=O) groups excluding carboxylic acids is 2. The molecule has 0 radical (unpaired) electrons. The van der Waals surface area contributed by atoms with Gasteiger partial charge in [-0.3, -0.25) is 14.5 Å². The number of likely N-dealkylation sites (N-methyl/N-ethyl adjacent to an activating group) is 1. The number of hydrogen-bond acceptors (Lipinski definition) is 4. The molecule has 1 heterocycles. The van der Waals surface area contributed by atoms with Gasteiger partial charge in [0.1, 0.15) is 0 Å². The van der Waals surface area contributed by atoms with Gasteiger partial charge in [-0.2, -0.15) is 0 Å². The summed E-state index contributed by atoms with van der Waals surface area (Å²) in [5, 5.41) is 0. The first-order valence-corrected chi connectivity index (χ1v) is 5.55. The zero-order valence-electron chi connectivity index (χ0n) is 10.4. The lowest BCUT2D eigenvalue weighted by Gasteiger charge is -2.44. The number of carbonyl (C=O) groups is 2. The van der Waals surface area contributed by atoms with E-state index in [1.165, 1.54) is 0 Å².